The summed E-state index contributed by atoms with van der Waals surface area (Å²) in [6.07, 6.45) is 0.333. The molecule has 0 aliphatic carbocycles. The summed E-state index contributed by atoms with van der Waals surface area (Å²) in [4.78, 5) is 34.9. The molecule has 0 aromatic rings. The molecule has 0 saturated carbocycles. The zero-order valence-corrected chi connectivity index (χ0v) is 21.3. The van der Waals surface area contributed by atoms with Crippen LogP contribution in [0.15, 0.2) is 0 Å². The molecular weight excluding hydrogens is 432 g/mol. The van der Waals surface area contributed by atoms with Gasteiger partial charge in [-0.15, -0.1) is 0 Å². The van der Waals surface area contributed by atoms with Crippen molar-refractivity contribution in [3.05, 3.63) is 0 Å². The fraction of sp³-hybridized carbons (Fsp3) is 0.870. The molecule has 2 amide bonds. The number of rotatable bonds is 15. The van der Waals surface area contributed by atoms with E-state index < -0.39 is 30.1 Å². The lowest BCUT2D eigenvalue weighted by molar-refractivity contribution is -0.251. The highest BCUT2D eigenvalue weighted by molar-refractivity contribution is 5.76. The summed E-state index contributed by atoms with van der Waals surface area (Å²) in [7, 11) is 1.30. The van der Waals surface area contributed by atoms with Crippen LogP contribution in [0.2, 0.25) is 0 Å². The Morgan fingerprint density at radius 3 is 2.03 bits per heavy atom. The average molecular weight is 477 g/mol. The van der Waals surface area contributed by atoms with E-state index in [1.54, 1.807) is 0 Å². The summed E-state index contributed by atoms with van der Waals surface area (Å²) in [5.74, 6) is -0.587. The molecule has 0 fully saturated rings. The molecule has 33 heavy (non-hydrogen) atoms. The molecule has 3 N–H and O–H groups in total. The molecule has 0 heterocycles. The van der Waals surface area contributed by atoms with E-state index in [2.05, 4.69) is 15.4 Å². The number of methoxy groups -OCH3 is 1. The van der Waals surface area contributed by atoms with Crippen LogP contribution in [-0.2, 0) is 28.5 Å². The zero-order valence-electron chi connectivity index (χ0n) is 21.3. The van der Waals surface area contributed by atoms with E-state index in [4.69, 9.17) is 14.2 Å². The smallest absolute Gasteiger partial charge is 0.406 e. The zero-order chi connectivity index (χ0) is 25.5. The van der Waals surface area contributed by atoms with Gasteiger partial charge in [0.05, 0.1) is 25.4 Å². The maximum Gasteiger partial charge on any atom is 0.406 e. The summed E-state index contributed by atoms with van der Waals surface area (Å²) < 4.78 is 21.5. The Morgan fingerprint density at radius 1 is 0.909 bits per heavy atom. The van der Waals surface area contributed by atoms with Crippen molar-refractivity contribution in [3.8, 4) is 0 Å². The number of carbonyl (C=O) groups is 3. The molecule has 2 unspecified atom stereocenters. The number of unbranched alkanes of at least 4 members (excludes halogenated alkanes) is 1. The molecule has 2 atom stereocenters. The third-order valence-corrected chi connectivity index (χ3v) is 4.48. The molecule has 0 aliphatic rings. The quantitative estimate of drug-likeness (QED) is 0.187. The Hall–Kier alpha value is -1.91. The molecule has 10 heteroatoms. The van der Waals surface area contributed by atoms with Crippen molar-refractivity contribution in [3.63, 3.8) is 0 Å². The first kappa shape index (κ1) is 31.1. The van der Waals surface area contributed by atoms with Crippen LogP contribution in [0.5, 0.6) is 0 Å². The Morgan fingerprint density at radius 2 is 1.52 bits per heavy atom. The van der Waals surface area contributed by atoms with E-state index >= 15 is 0 Å². The standard InChI is InChI=1S/C23H44N2O8/c1-22(2,3)17(15-26)32-20(33-23(4,5)6)16-31-19(28)12-10-11-18(27)24-13-8-9-14-25-21(29)30-7/h17,20,26H,8-16H2,1-7H3,(H,24,27)(H,25,29). The predicted molar refractivity (Wildman–Crippen MR) is 124 cm³/mol. The van der Waals surface area contributed by atoms with Crippen molar-refractivity contribution in [1.29, 1.82) is 0 Å². The normalized spacial score (nSPS) is 13.7. The molecule has 10 nitrogen and oxygen atoms in total. The largest absolute Gasteiger partial charge is 0.460 e. The van der Waals surface area contributed by atoms with Gasteiger partial charge in [0, 0.05) is 25.9 Å². The monoisotopic (exact) mass is 476 g/mol. The van der Waals surface area contributed by atoms with E-state index in [0.29, 0.717) is 25.9 Å². The number of hydrogen-bond donors (Lipinski definition) is 3. The number of carbonyl (C=O) groups excluding carboxylic acids is 3. The molecule has 0 spiro atoms. The highest BCUT2D eigenvalue weighted by Gasteiger charge is 2.30. The van der Waals surface area contributed by atoms with Gasteiger partial charge in [0.25, 0.3) is 0 Å². The fourth-order valence-corrected chi connectivity index (χ4v) is 2.65. The molecule has 0 aromatic carbocycles. The van der Waals surface area contributed by atoms with Gasteiger partial charge >= 0.3 is 12.1 Å². The number of amides is 2. The molecule has 0 rings (SSSR count). The summed E-state index contributed by atoms with van der Waals surface area (Å²) in [5.41, 5.74) is -0.841. The van der Waals surface area contributed by atoms with Gasteiger partial charge in [0.2, 0.25) is 5.91 Å². The lowest BCUT2D eigenvalue weighted by atomic mass is 9.89. The van der Waals surface area contributed by atoms with Crippen molar-refractivity contribution in [2.75, 3.05) is 33.4 Å². The Bertz CT molecular complexity index is 584. The molecule has 0 saturated heterocycles. The number of esters is 1. The maximum atomic E-state index is 12.1. The van der Waals surface area contributed by atoms with Gasteiger partial charge in [-0.1, -0.05) is 20.8 Å². The lowest BCUT2D eigenvalue weighted by Gasteiger charge is -2.35. The molecule has 194 valence electrons. The van der Waals surface area contributed by atoms with E-state index in [-0.39, 0.29) is 37.4 Å². The second kappa shape index (κ2) is 15.8. The van der Waals surface area contributed by atoms with Crippen LogP contribution in [0.3, 0.4) is 0 Å². The number of nitrogens with one attached hydrogen (secondary N) is 2. The van der Waals surface area contributed by atoms with Crippen molar-refractivity contribution < 1.29 is 38.4 Å². The van der Waals surface area contributed by atoms with Crippen molar-refractivity contribution in [1.82, 2.24) is 10.6 Å². The summed E-state index contributed by atoms with van der Waals surface area (Å²) in [6.45, 7) is 12.1. The fourth-order valence-electron chi connectivity index (χ4n) is 2.65. The van der Waals surface area contributed by atoms with Gasteiger partial charge in [0.15, 0.2) is 6.29 Å². The number of alkyl carbamates (subject to hydrolysis) is 1. The molecule has 0 aliphatic heterocycles. The summed E-state index contributed by atoms with van der Waals surface area (Å²) in [6, 6.07) is 0. The number of ether oxygens (including phenoxy) is 4. The van der Waals surface area contributed by atoms with Crippen LogP contribution in [-0.4, -0.2) is 74.5 Å². The van der Waals surface area contributed by atoms with Crippen molar-refractivity contribution in [2.24, 2.45) is 5.41 Å². The van der Waals surface area contributed by atoms with E-state index in [9.17, 15) is 19.5 Å². The van der Waals surface area contributed by atoms with Crippen LogP contribution in [0.1, 0.15) is 73.6 Å². The summed E-state index contributed by atoms with van der Waals surface area (Å²) >= 11 is 0. The molecular formula is C23H44N2O8. The minimum absolute atomic E-state index is 0.0986. The number of hydrogen-bond acceptors (Lipinski definition) is 8. The lowest BCUT2D eigenvalue weighted by Crippen LogP contribution is -2.42. The van der Waals surface area contributed by atoms with E-state index in [1.165, 1.54) is 7.11 Å². The third-order valence-electron chi connectivity index (χ3n) is 4.48. The molecule has 0 radical (unpaired) electrons. The van der Waals surface area contributed by atoms with E-state index in [0.717, 1.165) is 6.42 Å². The minimum Gasteiger partial charge on any atom is -0.460 e. The van der Waals surface area contributed by atoms with Crippen LogP contribution in [0.4, 0.5) is 4.79 Å². The number of aliphatic hydroxyl groups excluding tert-OH is 1. The van der Waals surface area contributed by atoms with Crippen LogP contribution in [0, 0.1) is 5.41 Å². The number of aliphatic hydroxyl groups is 1. The molecule has 0 bridgehead atoms. The Balaban J connectivity index is 4.23. The molecule has 0 aromatic heterocycles. The van der Waals surface area contributed by atoms with Gasteiger partial charge in [-0.05, 0) is 45.4 Å². The van der Waals surface area contributed by atoms with Crippen LogP contribution < -0.4 is 10.6 Å². The first-order valence-corrected chi connectivity index (χ1v) is 11.5. The van der Waals surface area contributed by atoms with Crippen LogP contribution >= 0.6 is 0 Å². The van der Waals surface area contributed by atoms with Gasteiger partial charge in [0.1, 0.15) is 6.61 Å². The highest BCUT2D eigenvalue weighted by atomic mass is 16.7. The Labute approximate surface area is 198 Å². The third kappa shape index (κ3) is 17.3. The average Bonchev–Trinajstić information content (AvgIpc) is 2.70. The van der Waals surface area contributed by atoms with Gasteiger partial charge in [-0.2, -0.15) is 0 Å². The van der Waals surface area contributed by atoms with Gasteiger partial charge in [-0.3, -0.25) is 9.59 Å². The second-order valence-electron chi connectivity index (χ2n) is 9.85. The van der Waals surface area contributed by atoms with E-state index in [1.807, 2.05) is 41.5 Å². The predicted octanol–water partition coefficient (Wildman–Crippen LogP) is 2.52. The van der Waals surface area contributed by atoms with Gasteiger partial charge in [-0.25, -0.2) is 4.79 Å². The SMILES string of the molecule is COC(=O)NCCCCNC(=O)CCCC(=O)OCC(OC(CO)C(C)(C)C)OC(C)(C)C. The minimum atomic E-state index is -0.817. The highest BCUT2D eigenvalue weighted by Crippen LogP contribution is 2.25. The van der Waals surface area contributed by atoms with Crippen molar-refractivity contribution >= 4 is 18.0 Å². The van der Waals surface area contributed by atoms with Crippen LogP contribution in [0.25, 0.3) is 0 Å². The van der Waals surface area contributed by atoms with Crippen molar-refractivity contribution in [2.45, 2.75) is 91.6 Å². The first-order chi connectivity index (χ1) is 15.3. The maximum absolute atomic E-state index is 12.1. The second-order valence-corrected chi connectivity index (χ2v) is 9.85. The first-order valence-electron chi connectivity index (χ1n) is 11.5. The summed E-state index contributed by atoms with van der Waals surface area (Å²) in [5, 5.41) is 15.0. The topological polar surface area (TPSA) is 132 Å². The van der Waals surface area contributed by atoms with Gasteiger partial charge < -0.3 is 34.7 Å². The Kier molecular flexibility index (Phi) is 14.9.